The molecule has 6 rings (SSSR count). The predicted octanol–water partition coefficient (Wildman–Crippen LogP) is 4.84. The van der Waals surface area contributed by atoms with E-state index in [0.29, 0.717) is 54.3 Å². The normalized spacial score (nSPS) is 17.4. The van der Waals surface area contributed by atoms with Gasteiger partial charge in [-0.05, 0) is 71.8 Å². The fraction of sp³-hybridized carbons (Fsp3) is 0.259. The molecule has 3 aliphatic rings. The molecule has 2 heterocycles. The predicted molar refractivity (Wildman–Crippen MR) is 135 cm³/mol. The van der Waals surface area contributed by atoms with Crippen molar-refractivity contribution in [3.63, 3.8) is 0 Å². The number of fused-ring (bicyclic) bond motifs is 3. The van der Waals surface area contributed by atoms with Crippen molar-refractivity contribution in [2.24, 2.45) is 0 Å². The van der Waals surface area contributed by atoms with E-state index in [1.807, 2.05) is 18.2 Å². The number of hydrogen-bond donors (Lipinski definition) is 3. The van der Waals surface area contributed by atoms with Crippen LogP contribution < -0.4 is 10.0 Å². The first kappa shape index (κ1) is 24.4. The summed E-state index contributed by atoms with van der Waals surface area (Å²) in [5, 5.41) is 12.4. The van der Waals surface area contributed by atoms with Crippen LogP contribution >= 0.6 is 0 Å². The Hall–Kier alpha value is -3.99. The van der Waals surface area contributed by atoms with Crippen LogP contribution in [0.2, 0.25) is 0 Å². The van der Waals surface area contributed by atoms with Crippen molar-refractivity contribution in [2.45, 2.75) is 42.5 Å². The number of benzene rings is 3. The Morgan fingerprint density at radius 3 is 2.53 bits per heavy atom. The molecule has 1 saturated carbocycles. The molecule has 2 aliphatic heterocycles. The van der Waals surface area contributed by atoms with E-state index in [2.05, 4.69) is 10.0 Å². The van der Waals surface area contributed by atoms with Crippen LogP contribution in [0.1, 0.15) is 36.0 Å². The maximum Gasteiger partial charge on any atom is 0.407 e. The van der Waals surface area contributed by atoms with Crippen molar-refractivity contribution in [3.05, 3.63) is 76.9 Å². The van der Waals surface area contributed by atoms with Crippen LogP contribution in [-0.4, -0.2) is 37.0 Å². The van der Waals surface area contributed by atoms with Gasteiger partial charge in [-0.1, -0.05) is 18.6 Å². The van der Waals surface area contributed by atoms with Gasteiger partial charge in [0.25, 0.3) is 10.0 Å². The van der Waals surface area contributed by atoms with E-state index in [1.54, 1.807) is 12.1 Å². The summed E-state index contributed by atoms with van der Waals surface area (Å²) >= 11 is 0. The first-order chi connectivity index (χ1) is 18.1. The van der Waals surface area contributed by atoms with Crippen LogP contribution in [0.5, 0.6) is 0 Å². The monoisotopic (exact) mass is 539 g/mol. The third-order valence-electron chi connectivity index (χ3n) is 7.77. The van der Waals surface area contributed by atoms with Crippen molar-refractivity contribution in [1.29, 1.82) is 0 Å². The molecule has 0 atom stereocenters. The summed E-state index contributed by atoms with van der Waals surface area (Å²) in [6.45, 7) is 0.611. The van der Waals surface area contributed by atoms with Crippen LogP contribution in [0, 0.1) is 11.6 Å². The van der Waals surface area contributed by atoms with Gasteiger partial charge in [0.05, 0.1) is 11.1 Å². The zero-order valence-corrected chi connectivity index (χ0v) is 20.9. The number of halogens is 2. The summed E-state index contributed by atoms with van der Waals surface area (Å²) in [7, 11) is -4.42. The standard InChI is InChI=1S/C27H23F2N3O5S/c28-18-4-5-23(22(29)11-18)38(36,37)31-19-12-20(24-21(13-19)27(7-1-8-27)25(33)30-24)16-3-2-15-6-9-32(26(34)35)14-17(15)10-16/h2-5,10-13,31H,1,6-9,14H2,(H,30,33)(H,34,35). The molecule has 1 fully saturated rings. The van der Waals surface area contributed by atoms with Crippen molar-refractivity contribution >= 4 is 33.4 Å². The molecule has 1 spiro atoms. The Balaban J connectivity index is 1.46. The van der Waals surface area contributed by atoms with Gasteiger partial charge in [-0.2, -0.15) is 0 Å². The molecule has 3 aromatic carbocycles. The number of anilines is 2. The molecule has 196 valence electrons. The lowest BCUT2D eigenvalue weighted by Crippen LogP contribution is -2.40. The van der Waals surface area contributed by atoms with Crippen LogP contribution in [0.25, 0.3) is 11.1 Å². The van der Waals surface area contributed by atoms with Gasteiger partial charge in [0.1, 0.15) is 16.5 Å². The first-order valence-corrected chi connectivity index (χ1v) is 13.6. The van der Waals surface area contributed by atoms with E-state index in [4.69, 9.17) is 0 Å². The largest absolute Gasteiger partial charge is 0.465 e. The zero-order valence-electron chi connectivity index (χ0n) is 20.1. The minimum atomic E-state index is -4.42. The molecule has 38 heavy (non-hydrogen) atoms. The van der Waals surface area contributed by atoms with E-state index in [9.17, 15) is 31.9 Å². The SMILES string of the molecule is O=C(O)N1CCc2ccc(-c3cc(NS(=O)(=O)c4ccc(F)cc4F)cc4c3NC(=O)C43CCC3)cc2C1. The molecule has 0 aromatic heterocycles. The van der Waals surface area contributed by atoms with Crippen molar-refractivity contribution in [3.8, 4) is 11.1 Å². The number of nitrogens with one attached hydrogen (secondary N) is 2. The first-order valence-electron chi connectivity index (χ1n) is 12.2. The van der Waals surface area contributed by atoms with Crippen LogP contribution in [0.15, 0.2) is 53.4 Å². The van der Waals surface area contributed by atoms with Crippen molar-refractivity contribution in [2.75, 3.05) is 16.6 Å². The van der Waals surface area contributed by atoms with Gasteiger partial charge in [-0.3, -0.25) is 9.52 Å². The number of carbonyl (C=O) groups is 2. The summed E-state index contributed by atoms with van der Waals surface area (Å²) in [5.74, 6) is -2.27. The number of sulfonamides is 1. The highest BCUT2D eigenvalue weighted by Crippen LogP contribution is 2.54. The minimum Gasteiger partial charge on any atom is -0.465 e. The molecule has 11 heteroatoms. The molecular formula is C27H23F2N3O5S. The number of carbonyl (C=O) groups excluding carboxylic acids is 1. The molecule has 0 bridgehead atoms. The number of rotatable bonds is 4. The molecular weight excluding hydrogens is 516 g/mol. The Morgan fingerprint density at radius 1 is 1.05 bits per heavy atom. The molecule has 3 N–H and O–H groups in total. The average Bonchev–Trinajstić information content (AvgIpc) is 3.14. The fourth-order valence-electron chi connectivity index (χ4n) is 5.61. The molecule has 1 aliphatic carbocycles. The van der Waals surface area contributed by atoms with Gasteiger partial charge in [-0.25, -0.2) is 22.0 Å². The van der Waals surface area contributed by atoms with Crippen LogP contribution in [0.4, 0.5) is 25.0 Å². The second-order valence-corrected chi connectivity index (χ2v) is 11.6. The number of nitrogens with zero attached hydrogens (tertiary/aromatic N) is 1. The fourth-order valence-corrected chi connectivity index (χ4v) is 6.72. The lowest BCUT2D eigenvalue weighted by molar-refractivity contribution is -0.123. The number of hydrogen-bond acceptors (Lipinski definition) is 4. The topological polar surface area (TPSA) is 116 Å². The highest BCUT2D eigenvalue weighted by molar-refractivity contribution is 7.92. The van der Waals surface area contributed by atoms with Gasteiger partial charge in [0, 0.05) is 30.4 Å². The molecule has 8 nitrogen and oxygen atoms in total. The Kier molecular flexibility index (Phi) is 5.46. The quantitative estimate of drug-likeness (QED) is 0.439. The highest BCUT2D eigenvalue weighted by Gasteiger charge is 2.52. The lowest BCUT2D eigenvalue weighted by atomic mass is 9.65. The number of carboxylic acid groups (broad SMARTS) is 1. The van der Waals surface area contributed by atoms with Gasteiger partial charge >= 0.3 is 6.09 Å². The summed E-state index contributed by atoms with van der Waals surface area (Å²) in [6, 6.07) is 11.0. The van der Waals surface area contributed by atoms with E-state index >= 15 is 0 Å². The maximum absolute atomic E-state index is 14.3. The summed E-state index contributed by atoms with van der Waals surface area (Å²) in [4.78, 5) is 25.2. The van der Waals surface area contributed by atoms with Crippen LogP contribution in [0.3, 0.4) is 0 Å². The van der Waals surface area contributed by atoms with Gasteiger partial charge in [0.15, 0.2) is 0 Å². The molecule has 0 saturated heterocycles. The average molecular weight is 540 g/mol. The highest BCUT2D eigenvalue weighted by atomic mass is 32.2. The van der Waals surface area contributed by atoms with Crippen molar-refractivity contribution in [1.82, 2.24) is 4.90 Å². The van der Waals surface area contributed by atoms with Gasteiger partial charge < -0.3 is 15.3 Å². The second-order valence-electron chi connectivity index (χ2n) is 9.95. The summed E-state index contributed by atoms with van der Waals surface area (Å²) in [6.07, 6.45) is 1.65. The van der Waals surface area contributed by atoms with E-state index in [1.165, 1.54) is 4.90 Å². The van der Waals surface area contributed by atoms with Gasteiger partial charge in [0.2, 0.25) is 5.91 Å². The minimum absolute atomic E-state index is 0.134. The van der Waals surface area contributed by atoms with Crippen molar-refractivity contribution < 1.29 is 31.9 Å². The Labute approximate surface area is 217 Å². The Morgan fingerprint density at radius 2 is 1.84 bits per heavy atom. The Bertz CT molecular complexity index is 1640. The van der Waals surface area contributed by atoms with Gasteiger partial charge in [-0.15, -0.1) is 0 Å². The smallest absolute Gasteiger partial charge is 0.407 e. The molecule has 0 radical (unpaired) electrons. The lowest BCUT2D eigenvalue weighted by Gasteiger charge is -2.36. The zero-order chi connectivity index (χ0) is 26.8. The third-order valence-corrected chi connectivity index (χ3v) is 9.18. The van der Waals surface area contributed by atoms with Crippen LogP contribution in [-0.2, 0) is 33.2 Å². The summed E-state index contributed by atoms with van der Waals surface area (Å²) in [5.41, 5.74) is 3.70. The van der Waals surface area contributed by atoms with E-state index < -0.39 is 38.1 Å². The third kappa shape index (κ3) is 3.80. The maximum atomic E-state index is 14.3. The van der Waals surface area contributed by atoms with E-state index in [-0.39, 0.29) is 18.1 Å². The summed E-state index contributed by atoms with van der Waals surface area (Å²) < 4.78 is 56.3. The molecule has 2 amide bonds. The second kappa shape index (κ2) is 8.52. The molecule has 3 aromatic rings. The number of amides is 2. The van der Waals surface area contributed by atoms with E-state index in [0.717, 1.165) is 29.7 Å². The molecule has 0 unspecified atom stereocenters.